The Bertz CT molecular complexity index is 1080. The first-order valence-electron chi connectivity index (χ1n) is 7.99. The van der Waals surface area contributed by atoms with Gasteiger partial charge in [0.2, 0.25) is 5.78 Å². The molecule has 8 nitrogen and oxygen atoms in total. The van der Waals surface area contributed by atoms with Crippen molar-refractivity contribution in [1.82, 2.24) is 23.1 Å². The molecule has 0 radical (unpaired) electrons. The molecular formula is C16H21N5O3. The largest absolute Gasteiger partial charge is 0.333 e. The van der Waals surface area contributed by atoms with Crippen molar-refractivity contribution in [3.63, 3.8) is 0 Å². The minimum atomic E-state index is -0.815. The van der Waals surface area contributed by atoms with Gasteiger partial charge in [-0.2, -0.15) is 4.98 Å². The van der Waals surface area contributed by atoms with E-state index in [0.29, 0.717) is 16.9 Å². The van der Waals surface area contributed by atoms with Crippen LogP contribution in [0.25, 0.3) is 16.9 Å². The van der Waals surface area contributed by atoms with Gasteiger partial charge in [0.15, 0.2) is 16.9 Å². The number of nitrogens with zero attached hydrogens (tertiary/aromatic N) is 5. The van der Waals surface area contributed by atoms with Gasteiger partial charge in [-0.25, -0.2) is 9.36 Å². The Labute approximate surface area is 137 Å². The first-order valence-corrected chi connectivity index (χ1v) is 7.99. The molecule has 3 aromatic heterocycles. The zero-order valence-electron chi connectivity index (χ0n) is 14.5. The van der Waals surface area contributed by atoms with Gasteiger partial charge >= 0.3 is 5.69 Å². The SMILES string of the molecule is CCCn1c(C)cn2c3c(=O)n([C@H](C)C(C)=O)c(=O)n(C)c3nc12. The second kappa shape index (κ2) is 5.47. The molecule has 8 heteroatoms. The smallest absolute Gasteiger partial charge is 0.314 e. The number of carbonyl (C=O) groups is 1. The number of ketones is 1. The first kappa shape index (κ1) is 16.2. The van der Waals surface area contributed by atoms with Gasteiger partial charge < -0.3 is 4.57 Å². The summed E-state index contributed by atoms with van der Waals surface area (Å²) in [6.07, 6.45) is 2.77. The Morgan fingerprint density at radius 3 is 2.58 bits per heavy atom. The highest BCUT2D eigenvalue weighted by Crippen LogP contribution is 2.17. The lowest BCUT2D eigenvalue weighted by molar-refractivity contribution is -0.119. The van der Waals surface area contributed by atoms with E-state index in [0.717, 1.165) is 23.2 Å². The van der Waals surface area contributed by atoms with E-state index >= 15 is 0 Å². The highest BCUT2D eigenvalue weighted by molar-refractivity contribution is 5.80. The van der Waals surface area contributed by atoms with E-state index in [9.17, 15) is 14.4 Å². The molecule has 0 spiro atoms. The van der Waals surface area contributed by atoms with Crippen LogP contribution in [-0.2, 0) is 18.4 Å². The van der Waals surface area contributed by atoms with Gasteiger partial charge in [-0.15, -0.1) is 0 Å². The molecule has 0 unspecified atom stereocenters. The zero-order chi connectivity index (χ0) is 17.8. The topological polar surface area (TPSA) is 83.3 Å². The van der Waals surface area contributed by atoms with Gasteiger partial charge in [-0.3, -0.25) is 18.6 Å². The van der Waals surface area contributed by atoms with Gasteiger partial charge in [-0.05, 0) is 27.2 Å². The van der Waals surface area contributed by atoms with Crippen LogP contribution in [0.5, 0.6) is 0 Å². The third-order valence-electron chi connectivity index (χ3n) is 4.51. The van der Waals surface area contributed by atoms with Crippen molar-refractivity contribution in [2.75, 3.05) is 0 Å². The van der Waals surface area contributed by atoms with Crippen LogP contribution in [0.1, 0.15) is 38.9 Å². The minimum Gasteiger partial charge on any atom is -0.314 e. The lowest BCUT2D eigenvalue weighted by atomic mass is 10.2. The van der Waals surface area contributed by atoms with Crippen LogP contribution in [0.2, 0.25) is 0 Å². The first-order chi connectivity index (χ1) is 11.3. The van der Waals surface area contributed by atoms with Crippen molar-refractivity contribution in [3.05, 3.63) is 32.7 Å². The summed E-state index contributed by atoms with van der Waals surface area (Å²) in [6, 6.07) is -0.815. The van der Waals surface area contributed by atoms with Gasteiger partial charge in [0.1, 0.15) is 0 Å². The lowest BCUT2D eigenvalue weighted by Crippen LogP contribution is -2.42. The summed E-state index contributed by atoms with van der Waals surface area (Å²) in [5.74, 6) is 0.388. The second-order valence-electron chi connectivity index (χ2n) is 6.18. The average molecular weight is 331 g/mol. The molecule has 0 aliphatic heterocycles. The summed E-state index contributed by atoms with van der Waals surface area (Å²) >= 11 is 0. The molecule has 0 saturated heterocycles. The van der Waals surface area contributed by atoms with Gasteiger partial charge in [0, 0.05) is 25.5 Å². The summed E-state index contributed by atoms with van der Waals surface area (Å²) in [5, 5.41) is 0. The number of rotatable bonds is 4. The summed E-state index contributed by atoms with van der Waals surface area (Å²) in [4.78, 5) is 41.7. The number of aryl methyl sites for hydroxylation is 3. The average Bonchev–Trinajstić information content (AvgIpc) is 3.02. The fraction of sp³-hybridized carbons (Fsp3) is 0.500. The van der Waals surface area contributed by atoms with E-state index in [4.69, 9.17) is 0 Å². The molecule has 3 rings (SSSR count). The molecule has 0 aromatic carbocycles. The summed E-state index contributed by atoms with van der Waals surface area (Å²) in [6.45, 7) is 7.72. The fourth-order valence-electron chi connectivity index (χ4n) is 3.05. The van der Waals surface area contributed by atoms with Crippen LogP contribution < -0.4 is 11.2 Å². The van der Waals surface area contributed by atoms with Crippen molar-refractivity contribution in [3.8, 4) is 0 Å². The minimum absolute atomic E-state index is 0.242. The molecule has 24 heavy (non-hydrogen) atoms. The van der Waals surface area contributed by atoms with E-state index in [2.05, 4.69) is 11.9 Å². The monoisotopic (exact) mass is 331 g/mol. The third kappa shape index (κ3) is 2.05. The third-order valence-corrected chi connectivity index (χ3v) is 4.51. The number of fused-ring (bicyclic) bond motifs is 3. The van der Waals surface area contributed by atoms with Crippen LogP contribution >= 0.6 is 0 Å². The molecule has 128 valence electrons. The standard InChI is InChI=1S/C16H21N5O3/c1-6-7-19-9(2)8-20-12-13(17-15(19)20)18(5)16(24)21(14(12)23)10(3)11(4)22/h8,10H,6-7H2,1-5H3/t10-/m1/s1. The van der Waals surface area contributed by atoms with Gasteiger partial charge in [-0.1, -0.05) is 6.92 Å². The Balaban J connectivity index is 2.50. The van der Waals surface area contributed by atoms with Crippen molar-refractivity contribution in [1.29, 1.82) is 0 Å². The van der Waals surface area contributed by atoms with Crippen molar-refractivity contribution in [2.45, 2.75) is 46.7 Å². The van der Waals surface area contributed by atoms with Crippen molar-refractivity contribution >= 4 is 22.7 Å². The number of hydrogen-bond donors (Lipinski definition) is 0. The lowest BCUT2D eigenvalue weighted by Gasteiger charge is -2.12. The molecule has 0 N–H and O–H groups in total. The Morgan fingerprint density at radius 2 is 2.00 bits per heavy atom. The molecule has 0 amide bonds. The molecule has 3 heterocycles. The molecular weight excluding hydrogens is 310 g/mol. The molecule has 0 saturated carbocycles. The maximum Gasteiger partial charge on any atom is 0.333 e. The molecule has 3 aromatic rings. The molecule has 0 fully saturated rings. The van der Waals surface area contributed by atoms with E-state index in [1.165, 1.54) is 11.5 Å². The number of aromatic nitrogens is 5. The summed E-state index contributed by atoms with van der Waals surface area (Å²) in [7, 11) is 1.57. The maximum atomic E-state index is 12.9. The van der Waals surface area contributed by atoms with Crippen LogP contribution in [-0.4, -0.2) is 28.9 Å². The van der Waals surface area contributed by atoms with Gasteiger partial charge in [0.05, 0.1) is 6.04 Å². The summed E-state index contributed by atoms with van der Waals surface area (Å²) < 4.78 is 6.06. The fourth-order valence-corrected chi connectivity index (χ4v) is 3.05. The number of imidazole rings is 2. The van der Waals surface area contributed by atoms with Crippen molar-refractivity contribution in [2.24, 2.45) is 7.05 Å². The van der Waals surface area contributed by atoms with Crippen LogP contribution in [0.3, 0.4) is 0 Å². The van der Waals surface area contributed by atoms with E-state index < -0.39 is 17.3 Å². The number of Topliss-reactive ketones (excluding diaryl/α,β-unsaturated/α-hetero) is 1. The Hall–Kier alpha value is -2.64. The Morgan fingerprint density at radius 1 is 1.33 bits per heavy atom. The van der Waals surface area contributed by atoms with E-state index in [1.54, 1.807) is 18.4 Å². The molecule has 0 aliphatic carbocycles. The highest BCUT2D eigenvalue weighted by atomic mass is 16.2. The normalized spacial score (nSPS) is 13.0. The maximum absolute atomic E-state index is 12.9. The molecule has 0 bridgehead atoms. The van der Waals surface area contributed by atoms with Crippen LogP contribution in [0.15, 0.2) is 15.8 Å². The number of hydrogen-bond acceptors (Lipinski definition) is 4. The van der Waals surface area contributed by atoms with E-state index in [-0.39, 0.29) is 5.78 Å². The number of carbonyl (C=O) groups excluding carboxylic acids is 1. The zero-order valence-corrected chi connectivity index (χ0v) is 14.5. The van der Waals surface area contributed by atoms with Crippen LogP contribution in [0, 0.1) is 6.92 Å². The van der Waals surface area contributed by atoms with Crippen LogP contribution in [0.4, 0.5) is 0 Å². The Kier molecular flexibility index (Phi) is 3.70. The highest BCUT2D eigenvalue weighted by Gasteiger charge is 2.23. The summed E-state index contributed by atoms with van der Waals surface area (Å²) in [5.41, 5.74) is 0.613. The van der Waals surface area contributed by atoms with E-state index in [1.807, 2.05) is 17.7 Å². The predicted molar refractivity (Wildman–Crippen MR) is 90.6 cm³/mol. The van der Waals surface area contributed by atoms with Gasteiger partial charge in [0.25, 0.3) is 5.56 Å². The predicted octanol–water partition coefficient (Wildman–Crippen LogP) is 1.02. The second-order valence-corrected chi connectivity index (χ2v) is 6.18. The quantitative estimate of drug-likeness (QED) is 0.714. The van der Waals surface area contributed by atoms with Crippen molar-refractivity contribution < 1.29 is 4.79 Å². The molecule has 0 aliphatic rings. The molecule has 1 atom stereocenters.